The number of hydrogen-bond acceptors (Lipinski definition) is 4. The summed E-state index contributed by atoms with van der Waals surface area (Å²) in [6.07, 6.45) is 58.3. The Morgan fingerprint density at radius 1 is 0.213 bits per heavy atom. The maximum Gasteiger partial charge on any atom is 0.0127 e. The molecule has 9 aliphatic carbocycles. The van der Waals surface area contributed by atoms with E-state index in [9.17, 15) is 0 Å². The van der Waals surface area contributed by atoms with Crippen molar-refractivity contribution in [3.05, 3.63) is 0 Å². The van der Waals surface area contributed by atoms with Crippen molar-refractivity contribution in [2.75, 3.05) is 0 Å². The standard InChI is InChI=1S/C57H102N4/c1-43-17-15-26-55(41-43)59(46-20-7-4-8-21-46)52-33-29-49(30-34-52)58(50-31-35-53(36-32-50)60(47-22-9-5-10-23-47)56-27-16-18-44(2)42-56)51-37-39-54(40-38-51)61(48-24-11-6-12-25-48)57-28-14-13-19-45(57)3/h43-57H,4-42H2,1-3H3. The molecule has 350 valence electrons. The maximum atomic E-state index is 3.39. The van der Waals surface area contributed by atoms with E-state index in [0.717, 1.165) is 90.3 Å². The van der Waals surface area contributed by atoms with Crippen molar-refractivity contribution in [2.24, 2.45) is 17.8 Å². The van der Waals surface area contributed by atoms with Crippen molar-refractivity contribution in [3.8, 4) is 0 Å². The molecular weight excluding hydrogens is 741 g/mol. The Morgan fingerprint density at radius 2 is 0.475 bits per heavy atom. The zero-order valence-corrected chi connectivity index (χ0v) is 41.0. The van der Waals surface area contributed by atoms with Crippen molar-refractivity contribution in [1.29, 1.82) is 0 Å². The fourth-order valence-corrected chi connectivity index (χ4v) is 17.7. The van der Waals surface area contributed by atoms with Gasteiger partial charge in [0.05, 0.1) is 0 Å². The molecule has 4 heteroatoms. The average Bonchev–Trinajstić information content (AvgIpc) is 3.30. The Hall–Kier alpha value is -0.160. The molecule has 9 rings (SSSR count). The third kappa shape index (κ3) is 11.3. The molecule has 9 fully saturated rings. The third-order valence-electron chi connectivity index (χ3n) is 20.6. The van der Waals surface area contributed by atoms with E-state index in [1.54, 1.807) is 0 Å². The highest BCUT2D eigenvalue weighted by Gasteiger charge is 2.45. The molecule has 0 aliphatic heterocycles. The van der Waals surface area contributed by atoms with Crippen molar-refractivity contribution < 1.29 is 0 Å². The number of nitrogens with zero attached hydrogens (tertiary/aromatic N) is 4. The highest BCUT2D eigenvalue weighted by Crippen LogP contribution is 2.45. The molecule has 0 amide bonds. The Bertz CT molecular complexity index is 1180. The lowest BCUT2D eigenvalue weighted by Gasteiger charge is -2.55. The monoisotopic (exact) mass is 843 g/mol. The van der Waals surface area contributed by atoms with E-state index >= 15 is 0 Å². The van der Waals surface area contributed by atoms with Crippen LogP contribution in [0.3, 0.4) is 0 Å². The van der Waals surface area contributed by atoms with E-state index < -0.39 is 0 Å². The van der Waals surface area contributed by atoms with Gasteiger partial charge in [0.2, 0.25) is 0 Å². The minimum Gasteiger partial charge on any atom is -0.294 e. The molecule has 9 saturated carbocycles. The number of hydrogen-bond donors (Lipinski definition) is 0. The smallest absolute Gasteiger partial charge is 0.0127 e. The second-order valence-electron chi connectivity index (χ2n) is 24.7. The van der Waals surface area contributed by atoms with Crippen LogP contribution in [0, 0.1) is 17.8 Å². The second kappa shape index (κ2) is 22.6. The van der Waals surface area contributed by atoms with Gasteiger partial charge in [-0.1, -0.05) is 117 Å². The summed E-state index contributed by atoms with van der Waals surface area (Å²) in [4.78, 5) is 13.2. The van der Waals surface area contributed by atoms with Crippen LogP contribution in [0.5, 0.6) is 0 Å². The second-order valence-corrected chi connectivity index (χ2v) is 24.7. The van der Waals surface area contributed by atoms with Gasteiger partial charge in [0.1, 0.15) is 0 Å². The molecule has 0 aromatic heterocycles. The zero-order valence-electron chi connectivity index (χ0n) is 41.0. The van der Waals surface area contributed by atoms with Gasteiger partial charge in [-0.05, 0) is 172 Å². The predicted molar refractivity (Wildman–Crippen MR) is 260 cm³/mol. The van der Waals surface area contributed by atoms with Crippen molar-refractivity contribution >= 4 is 0 Å². The highest BCUT2D eigenvalue weighted by atomic mass is 15.3. The molecule has 0 spiro atoms. The Labute approximate surface area is 379 Å². The van der Waals surface area contributed by atoms with Crippen LogP contribution in [0.2, 0.25) is 0 Å². The summed E-state index contributed by atoms with van der Waals surface area (Å²) in [5.74, 6) is 2.78. The summed E-state index contributed by atoms with van der Waals surface area (Å²) in [5, 5.41) is 0. The topological polar surface area (TPSA) is 13.0 Å². The molecule has 0 aromatic rings. The molecule has 9 aliphatic rings. The van der Waals surface area contributed by atoms with E-state index in [-0.39, 0.29) is 0 Å². The molecule has 61 heavy (non-hydrogen) atoms. The van der Waals surface area contributed by atoms with Gasteiger partial charge in [-0.15, -0.1) is 0 Å². The van der Waals surface area contributed by atoms with E-state index in [0.29, 0.717) is 0 Å². The summed E-state index contributed by atoms with van der Waals surface area (Å²) >= 11 is 0. The first-order valence-electron chi connectivity index (χ1n) is 29.1. The summed E-state index contributed by atoms with van der Waals surface area (Å²) < 4.78 is 0. The third-order valence-corrected chi connectivity index (χ3v) is 20.6. The molecule has 0 saturated heterocycles. The van der Waals surface area contributed by atoms with Gasteiger partial charge in [-0.3, -0.25) is 19.6 Å². The molecule has 4 nitrogen and oxygen atoms in total. The minimum absolute atomic E-state index is 0.846. The molecule has 0 N–H and O–H groups in total. The first kappa shape index (κ1) is 46.0. The fraction of sp³-hybridized carbons (Fsp3) is 1.00. The molecule has 0 bridgehead atoms. The van der Waals surface area contributed by atoms with Crippen LogP contribution < -0.4 is 0 Å². The van der Waals surface area contributed by atoms with Crippen LogP contribution in [0.15, 0.2) is 0 Å². The van der Waals surface area contributed by atoms with E-state index in [4.69, 9.17) is 0 Å². The van der Waals surface area contributed by atoms with Crippen LogP contribution in [-0.4, -0.2) is 92.1 Å². The van der Waals surface area contributed by atoms with Gasteiger partial charge in [0.15, 0.2) is 0 Å². The van der Waals surface area contributed by atoms with E-state index in [1.807, 2.05) is 0 Å². The van der Waals surface area contributed by atoms with Crippen LogP contribution in [-0.2, 0) is 0 Å². The van der Waals surface area contributed by atoms with Crippen LogP contribution in [0.25, 0.3) is 0 Å². The molecule has 0 heterocycles. The van der Waals surface area contributed by atoms with Gasteiger partial charge in [-0.25, -0.2) is 0 Å². The zero-order chi connectivity index (χ0) is 41.5. The lowest BCUT2D eigenvalue weighted by atomic mass is 9.77. The Kier molecular flexibility index (Phi) is 17.0. The average molecular weight is 843 g/mol. The Morgan fingerprint density at radius 3 is 0.820 bits per heavy atom. The summed E-state index contributed by atoms with van der Waals surface area (Å²) in [6, 6.07) is 10.5. The van der Waals surface area contributed by atoms with Crippen molar-refractivity contribution in [3.63, 3.8) is 0 Å². The molecule has 6 atom stereocenters. The van der Waals surface area contributed by atoms with Crippen LogP contribution in [0.1, 0.15) is 271 Å². The van der Waals surface area contributed by atoms with Gasteiger partial charge in [-0.2, -0.15) is 0 Å². The lowest BCUT2D eigenvalue weighted by Crippen LogP contribution is -2.59. The summed E-state index contributed by atoms with van der Waals surface area (Å²) in [5.41, 5.74) is 0. The van der Waals surface area contributed by atoms with Gasteiger partial charge in [0, 0.05) is 72.5 Å². The van der Waals surface area contributed by atoms with Gasteiger partial charge in [0.25, 0.3) is 0 Å². The van der Waals surface area contributed by atoms with Crippen LogP contribution >= 0.6 is 0 Å². The van der Waals surface area contributed by atoms with Gasteiger partial charge < -0.3 is 0 Å². The molecular formula is C57H102N4. The van der Waals surface area contributed by atoms with E-state index in [2.05, 4.69) is 40.4 Å². The van der Waals surface area contributed by atoms with Crippen LogP contribution in [0.4, 0.5) is 0 Å². The van der Waals surface area contributed by atoms with Crippen molar-refractivity contribution in [1.82, 2.24) is 19.6 Å². The SMILES string of the molecule is CC1CCCC(N(C2CCCCC2)C2CCC(N(C3CCC(N(C4CCCCC4)C4CCCC(C)C4)CC3)C3CCC(N(C4CCCCC4)C4CCCCC4C)CC3)CC2)C1. The molecule has 0 aromatic carbocycles. The quantitative estimate of drug-likeness (QED) is 0.194. The lowest BCUT2D eigenvalue weighted by molar-refractivity contribution is -0.0487. The predicted octanol–water partition coefficient (Wildman–Crippen LogP) is 14.9. The molecule has 6 unspecified atom stereocenters. The molecule has 0 radical (unpaired) electrons. The maximum absolute atomic E-state index is 3.39. The largest absolute Gasteiger partial charge is 0.294 e. The summed E-state index contributed by atoms with van der Waals surface area (Å²) in [6.45, 7) is 7.81. The first-order valence-corrected chi connectivity index (χ1v) is 29.1. The highest BCUT2D eigenvalue weighted by molar-refractivity contribution is 5.01. The van der Waals surface area contributed by atoms with Gasteiger partial charge >= 0.3 is 0 Å². The minimum atomic E-state index is 0.846. The summed E-state index contributed by atoms with van der Waals surface area (Å²) in [7, 11) is 0. The first-order chi connectivity index (χ1) is 30.0. The fourth-order valence-electron chi connectivity index (χ4n) is 17.7. The normalized spacial score (nSPS) is 41.2. The number of rotatable bonds is 12. The Balaban J connectivity index is 0.913. The van der Waals surface area contributed by atoms with E-state index in [1.165, 1.54) is 250 Å². The van der Waals surface area contributed by atoms with Crippen molar-refractivity contribution in [2.45, 2.75) is 344 Å².